The standard InChI is InChI=1S/C25H27Cl3N2O3S/c1-6-32-21-10-16(11-22-24(31)30(15(4)5)25(34-22)29-14(2)3)9-20(28)23(21)33-13-17-7-8-18(26)12-19(17)27/h7-12,14-15H,6,13H2,1-5H3/b22-11+,29-25?. The zero-order chi connectivity index (χ0) is 25.0. The summed E-state index contributed by atoms with van der Waals surface area (Å²) in [6.45, 7) is 10.4. The number of nitrogens with zero attached hydrogens (tertiary/aromatic N) is 2. The number of hydrogen-bond acceptors (Lipinski definition) is 5. The van der Waals surface area contributed by atoms with Gasteiger partial charge in [0.15, 0.2) is 16.7 Å². The first-order chi connectivity index (χ1) is 16.1. The van der Waals surface area contributed by atoms with Crippen molar-refractivity contribution < 1.29 is 14.3 Å². The van der Waals surface area contributed by atoms with Gasteiger partial charge < -0.3 is 9.47 Å². The average Bonchev–Trinajstić information content (AvgIpc) is 3.03. The van der Waals surface area contributed by atoms with Gasteiger partial charge in [0.25, 0.3) is 5.91 Å². The van der Waals surface area contributed by atoms with Gasteiger partial charge in [-0.1, -0.05) is 40.9 Å². The molecule has 9 heteroatoms. The summed E-state index contributed by atoms with van der Waals surface area (Å²) >= 11 is 20.2. The summed E-state index contributed by atoms with van der Waals surface area (Å²) in [6.07, 6.45) is 1.81. The smallest absolute Gasteiger partial charge is 0.266 e. The van der Waals surface area contributed by atoms with Gasteiger partial charge in [-0.2, -0.15) is 0 Å². The van der Waals surface area contributed by atoms with E-state index in [-0.39, 0.29) is 24.6 Å². The molecule has 1 aliphatic heterocycles. The Balaban J connectivity index is 1.91. The second-order valence-corrected chi connectivity index (χ2v) is 10.4. The van der Waals surface area contributed by atoms with Crippen LogP contribution in [0.25, 0.3) is 6.08 Å². The van der Waals surface area contributed by atoms with Crippen LogP contribution in [-0.2, 0) is 11.4 Å². The van der Waals surface area contributed by atoms with Gasteiger partial charge in [-0.15, -0.1) is 0 Å². The van der Waals surface area contributed by atoms with Crippen molar-refractivity contribution in [2.24, 2.45) is 4.99 Å². The molecule has 0 atom stereocenters. The zero-order valence-electron chi connectivity index (χ0n) is 19.7. The van der Waals surface area contributed by atoms with E-state index in [2.05, 4.69) is 4.99 Å². The van der Waals surface area contributed by atoms with Crippen LogP contribution in [0.3, 0.4) is 0 Å². The third kappa shape index (κ3) is 6.42. The number of benzene rings is 2. The van der Waals surface area contributed by atoms with E-state index in [1.54, 1.807) is 35.2 Å². The summed E-state index contributed by atoms with van der Waals surface area (Å²) < 4.78 is 11.8. The van der Waals surface area contributed by atoms with Crippen molar-refractivity contribution >= 4 is 63.7 Å². The maximum atomic E-state index is 13.1. The molecule has 1 aliphatic rings. The molecule has 2 aromatic rings. The van der Waals surface area contributed by atoms with Crippen molar-refractivity contribution in [3.05, 3.63) is 61.4 Å². The van der Waals surface area contributed by atoms with Gasteiger partial charge in [0.2, 0.25) is 0 Å². The molecule has 3 rings (SSSR count). The van der Waals surface area contributed by atoms with Crippen molar-refractivity contribution in [2.45, 2.75) is 53.3 Å². The molecule has 0 bridgehead atoms. The summed E-state index contributed by atoms with van der Waals surface area (Å²) in [5.74, 6) is 0.818. The molecule has 2 aromatic carbocycles. The van der Waals surface area contributed by atoms with Crippen LogP contribution >= 0.6 is 46.6 Å². The third-order valence-electron chi connectivity index (χ3n) is 4.74. The maximum absolute atomic E-state index is 13.1. The lowest BCUT2D eigenvalue weighted by molar-refractivity contribution is -0.123. The Morgan fingerprint density at radius 1 is 1.06 bits per heavy atom. The van der Waals surface area contributed by atoms with Crippen LogP contribution in [0.5, 0.6) is 11.5 Å². The summed E-state index contributed by atoms with van der Waals surface area (Å²) in [5.41, 5.74) is 1.50. The molecular weight excluding hydrogens is 515 g/mol. The van der Waals surface area contributed by atoms with Crippen molar-refractivity contribution in [3.63, 3.8) is 0 Å². The molecule has 1 heterocycles. The van der Waals surface area contributed by atoms with Gasteiger partial charge in [0.1, 0.15) is 6.61 Å². The van der Waals surface area contributed by atoms with Gasteiger partial charge in [-0.3, -0.25) is 14.7 Å². The van der Waals surface area contributed by atoms with Crippen molar-refractivity contribution in [1.82, 2.24) is 4.90 Å². The molecule has 0 aliphatic carbocycles. The topological polar surface area (TPSA) is 51.1 Å². The number of rotatable bonds is 8. The Hall–Kier alpha value is -1.86. The van der Waals surface area contributed by atoms with Crippen LogP contribution < -0.4 is 9.47 Å². The van der Waals surface area contributed by atoms with E-state index >= 15 is 0 Å². The van der Waals surface area contributed by atoms with Crippen molar-refractivity contribution in [1.29, 1.82) is 0 Å². The largest absolute Gasteiger partial charge is 0.490 e. The number of amidine groups is 1. The minimum atomic E-state index is -0.0776. The summed E-state index contributed by atoms with van der Waals surface area (Å²) in [6, 6.07) is 8.86. The molecule has 0 radical (unpaired) electrons. The molecule has 0 saturated carbocycles. The molecule has 1 saturated heterocycles. The van der Waals surface area contributed by atoms with Gasteiger partial charge in [0, 0.05) is 27.7 Å². The minimum absolute atomic E-state index is 0.00133. The second-order valence-electron chi connectivity index (χ2n) is 8.17. The zero-order valence-corrected chi connectivity index (χ0v) is 22.8. The van der Waals surface area contributed by atoms with Crippen LogP contribution in [0, 0.1) is 0 Å². The highest BCUT2D eigenvalue weighted by atomic mass is 35.5. The van der Waals surface area contributed by atoms with Gasteiger partial charge in [-0.05, 0) is 82.3 Å². The lowest BCUT2D eigenvalue weighted by Crippen LogP contribution is -2.35. The molecule has 1 fully saturated rings. The van der Waals surface area contributed by atoms with Gasteiger partial charge in [0.05, 0.1) is 16.5 Å². The lowest BCUT2D eigenvalue weighted by atomic mass is 10.1. The van der Waals surface area contributed by atoms with Crippen LogP contribution in [0.4, 0.5) is 0 Å². The predicted octanol–water partition coefficient (Wildman–Crippen LogP) is 7.71. The fourth-order valence-corrected chi connectivity index (χ4v) is 5.24. The molecule has 0 aromatic heterocycles. The summed E-state index contributed by atoms with van der Waals surface area (Å²) in [4.78, 5) is 20.0. The van der Waals surface area contributed by atoms with Crippen molar-refractivity contribution in [3.8, 4) is 11.5 Å². The molecule has 182 valence electrons. The SMILES string of the molecule is CCOc1cc(/C=C2/SC(=NC(C)C)N(C(C)C)C2=O)cc(Cl)c1OCc1ccc(Cl)cc1Cl. The van der Waals surface area contributed by atoms with E-state index in [1.165, 1.54) is 11.8 Å². The monoisotopic (exact) mass is 540 g/mol. The van der Waals surface area contributed by atoms with E-state index in [4.69, 9.17) is 44.3 Å². The number of carbonyl (C=O) groups is 1. The number of hydrogen-bond donors (Lipinski definition) is 0. The van der Waals surface area contributed by atoms with Crippen LogP contribution in [0.15, 0.2) is 40.2 Å². The van der Waals surface area contributed by atoms with Crippen LogP contribution in [0.2, 0.25) is 15.1 Å². The molecule has 1 amide bonds. The first-order valence-electron chi connectivity index (χ1n) is 10.9. The van der Waals surface area contributed by atoms with E-state index in [9.17, 15) is 4.79 Å². The Labute approximate surface area is 220 Å². The number of thioether (sulfide) groups is 1. The number of amides is 1. The van der Waals surface area contributed by atoms with E-state index in [1.807, 2.05) is 40.7 Å². The quantitative estimate of drug-likeness (QED) is 0.321. The lowest BCUT2D eigenvalue weighted by Gasteiger charge is -2.20. The highest BCUT2D eigenvalue weighted by Crippen LogP contribution is 2.40. The van der Waals surface area contributed by atoms with E-state index in [0.717, 1.165) is 11.1 Å². The molecular formula is C25H27Cl3N2O3S. The Bertz CT molecular complexity index is 1130. The summed E-state index contributed by atoms with van der Waals surface area (Å²) in [5, 5.41) is 2.14. The van der Waals surface area contributed by atoms with Gasteiger partial charge >= 0.3 is 0 Å². The number of carbonyl (C=O) groups excluding carboxylic acids is 1. The minimum Gasteiger partial charge on any atom is -0.490 e. The fourth-order valence-electron chi connectivity index (χ4n) is 3.27. The maximum Gasteiger partial charge on any atom is 0.266 e. The van der Waals surface area contributed by atoms with Crippen LogP contribution in [0.1, 0.15) is 45.7 Å². The summed E-state index contributed by atoms with van der Waals surface area (Å²) in [7, 11) is 0. The van der Waals surface area contributed by atoms with Crippen LogP contribution in [-0.4, -0.2) is 34.7 Å². The second kappa shape index (κ2) is 11.7. The highest BCUT2D eigenvalue weighted by Gasteiger charge is 2.35. The highest BCUT2D eigenvalue weighted by molar-refractivity contribution is 8.18. The third-order valence-corrected chi connectivity index (χ3v) is 6.60. The number of halogens is 3. The molecule has 0 N–H and O–H groups in total. The first kappa shape index (κ1) is 26.7. The predicted molar refractivity (Wildman–Crippen MR) is 144 cm³/mol. The Kier molecular flexibility index (Phi) is 9.21. The molecule has 0 unspecified atom stereocenters. The van der Waals surface area contributed by atoms with Gasteiger partial charge in [-0.25, -0.2) is 0 Å². The average molecular weight is 542 g/mol. The van der Waals surface area contributed by atoms with Crippen molar-refractivity contribution in [2.75, 3.05) is 6.61 Å². The molecule has 5 nitrogen and oxygen atoms in total. The molecule has 34 heavy (non-hydrogen) atoms. The van der Waals surface area contributed by atoms with E-state index in [0.29, 0.717) is 43.2 Å². The number of aliphatic imine (C=N–C) groups is 1. The molecule has 0 spiro atoms. The van der Waals surface area contributed by atoms with E-state index < -0.39 is 0 Å². The fraction of sp³-hybridized carbons (Fsp3) is 0.360. The number of ether oxygens (including phenoxy) is 2. The Morgan fingerprint density at radius 3 is 2.41 bits per heavy atom. The first-order valence-corrected chi connectivity index (χ1v) is 12.9. The normalized spacial score (nSPS) is 16.4. The Morgan fingerprint density at radius 2 is 1.79 bits per heavy atom.